The third kappa shape index (κ3) is 7.19. The third-order valence-corrected chi connectivity index (χ3v) is 5.25. The second-order valence-electron chi connectivity index (χ2n) is 9.78. The molecular weight excluding hydrogens is 469 g/mol. The van der Waals surface area contributed by atoms with Gasteiger partial charge in [-0.05, 0) is 50.5 Å². The molecule has 3 amide bonds. The molecule has 31 heavy (non-hydrogen) atoms. The minimum absolute atomic E-state index is 0.0998. The van der Waals surface area contributed by atoms with E-state index in [1.165, 1.54) is 4.90 Å². The fourth-order valence-corrected chi connectivity index (χ4v) is 3.54. The first-order chi connectivity index (χ1) is 14.2. The van der Waals surface area contributed by atoms with Crippen molar-refractivity contribution in [2.45, 2.75) is 71.8 Å². The number of nitrogens with one attached hydrogen (secondary N) is 2. The Balaban J connectivity index is 2.20. The summed E-state index contributed by atoms with van der Waals surface area (Å²) in [5.41, 5.74) is -0.878. The molecule has 0 bridgehead atoms. The van der Waals surface area contributed by atoms with Crippen molar-refractivity contribution in [3.05, 3.63) is 28.7 Å². The molecule has 1 aliphatic heterocycles. The molecule has 172 valence electrons. The lowest BCUT2D eigenvalue weighted by molar-refractivity contribution is -0.140. The van der Waals surface area contributed by atoms with Crippen LogP contribution >= 0.6 is 15.9 Å². The molecule has 0 aromatic heterocycles. The number of nitrogens with zero attached hydrogens (tertiary/aromatic N) is 1. The van der Waals surface area contributed by atoms with Crippen LogP contribution in [-0.4, -0.2) is 53.2 Å². The van der Waals surface area contributed by atoms with Gasteiger partial charge in [0.15, 0.2) is 0 Å². The number of benzene rings is 1. The highest BCUT2D eigenvalue weighted by molar-refractivity contribution is 9.10. The van der Waals surface area contributed by atoms with Gasteiger partial charge in [0.25, 0.3) is 0 Å². The topological polar surface area (TPSA) is 87.7 Å². The quantitative estimate of drug-likeness (QED) is 0.647. The number of amides is 3. The fraction of sp³-hybridized carbons (Fsp3) is 0.591. The summed E-state index contributed by atoms with van der Waals surface area (Å²) in [5.74, 6) is -0.991. The molecule has 1 aromatic carbocycles. The Kier molecular flexibility index (Phi) is 7.73. The lowest BCUT2D eigenvalue weighted by Gasteiger charge is -2.35. The summed E-state index contributed by atoms with van der Waals surface area (Å²) in [6.07, 6.45) is -2.17. The molecule has 9 heteroatoms. The first kappa shape index (κ1) is 25.1. The molecule has 1 fully saturated rings. The normalized spacial score (nSPS) is 20.2. The van der Waals surface area contributed by atoms with Crippen molar-refractivity contribution >= 4 is 39.5 Å². The van der Waals surface area contributed by atoms with Crippen LogP contribution in [0.5, 0.6) is 0 Å². The number of rotatable bonds is 4. The van der Waals surface area contributed by atoms with Crippen LogP contribution in [0, 0.1) is 5.41 Å². The SMILES string of the molecule is CC(C)(C)OC(=O)N[C@H](C(=O)N1C[C@H](F)C[C@H]1C(=O)Nc1ccc(Br)cc1)C(C)(C)C. The van der Waals surface area contributed by atoms with Gasteiger partial charge in [0, 0.05) is 16.6 Å². The number of carbonyl (C=O) groups excluding carboxylic acids is 3. The van der Waals surface area contributed by atoms with Crippen LogP contribution in [0.3, 0.4) is 0 Å². The van der Waals surface area contributed by atoms with Crippen molar-refractivity contribution < 1.29 is 23.5 Å². The molecule has 1 saturated heterocycles. The summed E-state index contributed by atoms with van der Waals surface area (Å²) in [6, 6.07) is 4.99. The Labute approximate surface area is 191 Å². The Morgan fingerprint density at radius 2 is 1.71 bits per heavy atom. The first-order valence-corrected chi connectivity index (χ1v) is 11.0. The number of alkyl halides is 1. The molecule has 0 radical (unpaired) electrons. The van der Waals surface area contributed by atoms with Crippen molar-refractivity contribution in [2.24, 2.45) is 5.41 Å². The standard InChI is InChI=1S/C22H31BrFN3O4/c1-21(2,3)17(26-20(30)31-22(4,5)6)19(29)27-12-14(24)11-16(27)18(28)25-15-9-7-13(23)8-10-15/h7-10,14,16-17H,11-12H2,1-6H3,(H,25,28)(H,26,30)/t14-,16+,17-/m1/s1. The predicted octanol–water partition coefficient (Wildman–Crippen LogP) is 4.27. The maximum Gasteiger partial charge on any atom is 0.408 e. The summed E-state index contributed by atoms with van der Waals surface area (Å²) >= 11 is 3.33. The predicted molar refractivity (Wildman–Crippen MR) is 120 cm³/mol. The molecule has 0 spiro atoms. The monoisotopic (exact) mass is 499 g/mol. The molecule has 0 aliphatic carbocycles. The van der Waals surface area contributed by atoms with Gasteiger partial charge in [-0.3, -0.25) is 9.59 Å². The Morgan fingerprint density at radius 1 is 1.13 bits per heavy atom. The largest absolute Gasteiger partial charge is 0.444 e. The van der Waals surface area contributed by atoms with E-state index in [0.29, 0.717) is 5.69 Å². The number of hydrogen-bond donors (Lipinski definition) is 2. The summed E-state index contributed by atoms with van der Waals surface area (Å²) < 4.78 is 20.4. The molecule has 0 saturated carbocycles. The molecule has 2 N–H and O–H groups in total. The number of hydrogen-bond acceptors (Lipinski definition) is 4. The average Bonchev–Trinajstić information content (AvgIpc) is 3.00. The lowest BCUT2D eigenvalue weighted by atomic mass is 9.85. The average molecular weight is 500 g/mol. The second-order valence-corrected chi connectivity index (χ2v) is 10.7. The van der Waals surface area contributed by atoms with E-state index in [9.17, 15) is 18.8 Å². The number of anilines is 1. The number of likely N-dealkylation sites (tertiary alicyclic amines) is 1. The van der Waals surface area contributed by atoms with Crippen LogP contribution in [-0.2, 0) is 14.3 Å². The number of carbonyl (C=O) groups is 3. The van der Waals surface area contributed by atoms with E-state index in [-0.39, 0.29) is 13.0 Å². The summed E-state index contributed by atoms with van der Waals surface area (Å²) in [7, 11) is 0. The number of halogens is 2. The molecule has 0 unspecified atom stereocenters. The van der Waals surface area contributed by atoms with Crippen molar-refractivity contribution in [1.82, 2.24) is 10.2 Å². The van der Waals surface area contributed by atoms with E-state index in [2.05, 4.69) is 26.6 Å². The van der Waals surface area contributed by atoms with E-state index in [0.717, 1.165) is 4.47 Å². The van der Waals surface area contributed by atoms with Gasteiger partial charge < -0.3 is 20.3 Å². The Hall–Kier alpha value is -2.16. The highest BCUT2D eigenvalue weighted by atomic mass is 79.9. The number of alkyl carbamates (subject to hydrolysis) is 1. The van der Waals surface area contributed by atoms with Gasteiger partial charge in [0.05, 0.1) is 6.54 Å². The maximum absolute atomic E-state index is 14.3. The smallest absolute Gasteiger partial charge is 0.408 e. The Morgan fingerprint density at radius 3 is 2.23 bits per heavy atom. The van der Waals surface area contributed by atoms with Gasteiger partial charge >= 0.3 is 6.09 Å². The molecule has 3 atom stereocenters. The van der Waals surface area contributed by atoms with Gasteiger partial charge in [-0.25, -0.2) is 9.18 Å². The summed E-state index contributed by atoms with van der Waals surface area (Å²) in [6.45, 7) is 10.3. The second kappa shape index (κ2) is 9.54. The van der Waals surface area contributed by atoms with Gasteiger partial charge in [0.2, 0.25) is 11.8 Å². The third-order valence-electron chi connectivity index (χ3n) is 4.72. The van der Waals surface area contributed by atoms with E-state index in [1.54, 1.807) is 65.8 Å². The molecule has 1 heterocycles. The van der Waals surface area contributed by atoms with Gasteiger partial charge in [-0.2, -0.15) is 0 Å². The van der Waals surface area contributed by atoms with Crippen LogP contribution in [0.2, 0.25) is 0 Å². The van der Waals surface area contributed by atoms with Crippen molar-refractivity contribution in [3.63, 3.8) is 0 Å². The van der Waals surface area contributed by atoms with E-state index in [1.807, 2.05) is 0 Å². The van der Waals surface area contributed by atoms with E-state index in [4.69, 9.17) is 4.74 Å². The molecule has 7 nitrogen and oxygen atoms in total. The number of ether oxygens (including phenoxy) is 1. The maximum atomic E-state index is 14.3. The molecule has 1 aromatic rings. The molecule has 2 rings (SSSR count). The molecule has 1 aliphatic rings. The van der Waals surface area contributed by atoms with Crippen molar-refractivity contribution in [3.8, 4) is 0 Å². The van der Waals surface area contributed by atoms with E-state index >= 15 is 0 Å². The van der Waals surface area contributed by atoms with Crippen molar-refractivity contribution in [1.29, 1.82) is 0 Å². The van der Waals surface area contributed by atoms with Crippen LogP contribution in [0.4, 0.5) is 14.9 Å². The minimum Gasteiger partial charge on any atom is -0.444 e. The zero-order chi connectivity index (χ0) is 23.6. The summed E-state index contributed by atoms with van der Waals surface area (Å²) in [4.78, 5) is 39.7. The van der Waals surface area contributed by atoms with Gasteiger partial charge in [-0.1, -0.05) is 36.7 Å². The minimum atomic E-state index is -1.33. The van der Waals surface area contributed by atoms with Gasteiger partial charge in [-0.15, -0.1) is 0 Å². The van der Waals surface area contributed by atoms with Crippen LogP contribution < -0.4 is 10.6 Å². The van der Waals surface area contributed by atoms with Crippen LogP contribution in [0.1, 0.15) is 48.0 Å². The van der Waals surface area contributed by atoms with Crippen molar-refractivity contribution in [2.75, 3.05) is 11.9 Å². The highest BCUT2D eigenvalue weighted by Crippen LogP contribution is 2.28. The van der Waals surface area contributed by atoms with Crippen LogP contribution in [0.25, 0.3) is 0 Å². The fourth-order valence-electron chi connectivity index (χ4n) is 3.28. The summed E-state index contributed by atoms with van der Waals surface area (Å²) in [5, 5.41) is 5.34. The highest BCUT2D eigenvalue weighted by Gasteiger charge is 2.45. The molecular formula is C22H31BrFN3O4. The lowest BCUT2D eigenvalue weighted by Crippen LogP contribution is -2.57. The van der Waals surface area contributed by atoms with Gasteiger partial charge in [0.1, 0.15) is 23.9 Å². The van der Waals surface area contributed by atoms with Crippen LogP contribution in [0.15, 0.2) is 28.7 Å². The zero-order valence-electron chi connectivity index (χ0n) is 18.8. The zero-order valence-corrected chi connectivity index (χ0v) is 20.4. The van der Waals surface area contributed by atoms with E-state index < -0.39 is 47.2 Å². The first-order valence-electron chi connectivity index (χ1n) is 10.2. The Bertz CT molecular complexity index is 818.